The first-order valence-corrected chi connectivity index (χ1v) is 6.63. The van der Waals surface area contributed by atoms with Crippen molar-refractivity contribution in [2.45, 2.75) is 13.0 Å². The second kappa shape index (κ2) is 5.67. The van der Waals surface area contributed by atoms with Gasteiger partial charge in [-0.1, -0.05) is 18.2 Å². The number of nitrogens with zero attached hydrogens (tertiary/aromatic N) is 1. The summed E-state index contributed by atoms with van der Waals surface area (Å²) in [4.78, 5) is 4.07. The van der Waals surface area contributed by atoms with Gasteiger partial charge in [-0.25, -0.2) is 0 Å². The van der Waals surface area contributed by atoms with Crippen LogP contribution in [-0.2, 0) is 0 Å². The zero-order chi connectivity index (χ0) is 13.1. The van der Waals surface area contributed by atoms with Crippen LogP contribution in [0, 0.1) is 10.5 Å². The van der Waals surface area contributed by atoms with Crippen molar-refractivity contribution in [3.8, 4) is 5.75 Å². The average molecular weight is 355 g/mol. The van der Waals surface area contributed by atoms with Crippen molar-refractivity contribution in [1.82, 2.24) is 4.98 Å². The van der Waals surface area contributed by atoms with Gasteiger partial charge < -0.3 is 9.84 Å². The van der Waals surface area contributed by atoms with Gasteiger partial charge in [-0.2, -0.15) is 0 Å². The topological polar surface area (TPSA) is 42.4 Å². The molecule has 0 aliphatic carbocycles. The normalized spacial score (nSPS) is 12.2. The molecule has 0 aliphatic heterocycles. The van der Waals surface area contributed by atoms with Crippen LogP contribution in [0.15, 0.2) is 36.7 Å². The standard InChI is InChI=1S/C14H14INO2/c1-9-4-3-5-12(13(9)15)14(17)10-6-11(18-2)8-16-7-10/h3-8,14,17H,1-2H3. The maximum atomic E-state index is 10.4. The summed E-state index contributed by atoms with van der Waals surface area (Å²) in [5.41, 5.74) is 2.78. The first kappa shape index (κ1) is 13.3. The third-order valence-electron chi connectivity index (χ3n) is 2.80. The number of hydrogen-bond donors (Lipinski definition) is 1. The molecule has 1 atom stereocenters. The van der Waals surface area contributed by atoms with Crippen molar-refractivity contribution in [3.05, 3.63) is 56.9 Å². The Morgan fingerprint density at radius 2 is 2.11 bits per heavy atom. The molecule has 0 bridgehead atoms. The summed E-state index contributed by atoms with van der Waals surface area (Å²) in [6.45, 7) is 2.03. The Morgan fingerprint density at radius 1 is 1.33 bits per heavy atom. The van der Waals surface area contributed by atoms with Crippen LogP contribution < -0.4 is 4.74 Å². The molecule has 3 nitrogen and oxygen atoms in total. The third kappa shape index (κ3) is 2.64. The van der Waals surface area contributed by atoms with Crippen LogP contribution in [0.2, 0.25) is 0 Å². The summed E-state index contributed by atoms with van der Waals surface area (Å²) in [5.74, 6) is 0.647. The lowest BCUT2D eigenvalue weighted by Crippen LogP contribution is -2.04. The Bertz CT molecular complexity index is 557. The van der Waals surface area contributed by atoms with Crippen molar-refractivity contribution in [2.24, 2.45) is 0 Å². The molecule has 2 aromatic rings. The Balaban J connectivity index is 2.41. The van der Waals surface area contributed by atoms with Gasteiger partial charge >= 0.3 is 0 Å². The van der Waals surface area contributed by atoms with Crippen LogP contribution in [-0.4, -0.2) is 17.2 Å². The van der Waals surface area contributed by atoms with E-state index in [-0.39, 0.29) is 0 Å². The van der Waals surface area contributed by atoms with E-state index in [2.05, 4.69) is 27.6 Å². The minimum atomic E-state index is -0.681. The Kier molecular flexibility index (Phi) is 4.19. The molecule has 0 aliphatic rings. The highest BCUT2D eigenvalue weighted by Crippen LogP contribution is 2.28. The van der Waals surface area contributed by atoms with Crippen LogP contribution >= 0.6 is 22.6 Å². The fraction of sp³-hybridized carbons (Fsp3) is 0.214. The van der Waals surface area contributed by atoms with Crippen LogP contribution in [0.4, 0.5) is 0 Å². The number of aliphatic hydroxyl groups excluding tert-OH is 1. The van der Waals surface area contributed by atoms with Crippen molar-refractivity contribution in [1.29, 1.82) is 0 Å². The molecule has 4 heteroatoms. The SMILES string of the molecule is COc1cncc(C(O)c2cccc(C)c2I)c1. The third-order valence-corrected chi connectivity index (χ3v) is 4.28. The van der Waals surface area contributed by atoms with E-state index < -0.39 is 6.10 Å². The van der Waals surface area contributed by atoms with Crippen LogP contribution in [0.3, 0.4) is 0 Å². The number of methoxy groups -OCH3 is 1. The smallest absolute Gasteiger partial charge is 0.137 e. The highest BCUT2D eigenvalue weighted by molar-refractivity contribution is 14.1. The van der Waals surface area contributed by atoms with Crippen LogP contribution in [0.5, 0.6) is 5.75 Å². The van der Waals surface area contributed by atoms with Crippen LogP contribution in [0.1, 0.15) is 22.8 Å². The zero-order valence-electron chi connectivity index (χ0n) is 10.2. The van der Waals surface area contributed by atoms with Gasteiger partial charge in [-0.15, -0.1) is 0 Å². The second-order valence-corrected chi connectivity index (χ2v) is 5.12. The van der Waals surface area contributed by atoms with Crippen molar-refractivity contribution in [3.63, 3.8) is 0 Å². The minimum absolute atomic E-state index is 0.647. The van der Waals surface area contributed by atoms with E-state index in [9.17, 15) is 5.11 Å². The van der Waals surface area contributed by atoms with Crippen molar-refractivity contribution >= 4 is 22.6 Å². The molecule has 0 amide bonds. The summed E-state index contributed by atoms with van der Waals surface area (Å²) in [5, 5.41) is 10.4. The lowest BCUT2D eigenvalue weighted by molar-refractivity contribution is 0.218. The van der Waals surface area contributed by atoms with Gasteiger partial charge in [-0.3, -0.25) is 4.98 Å². The molecule has 1 aromatic carbocycles. The van der Waals surface area contributed by atoms with E-state index in [1.54, 1.807) is 25.6 Å². The molecule has 1 N–H and O–H groups in total. The number of benzene rings is 1. The van der Waals surface area contributed by atoms with E-state index in [1.807, 2.05) is 25.1 Å². The highest BCUT2D eigenvalue weighted by Gasteiger charge is 2.15. The average Bonchev–Trinajstić information content (AvgIpc) is 2.41. The number of hydrogen-bond acceptors (Lipinski definition) is 3. The van der Waals surface area contributed by atoms with E-state index in [4.69, 9.17) is 4.74 Å². The Hall–Kier alpha value is -1.14. The first-order chi connectivity index (χ1) is 8.63. The molecule has 94 valence electrons. The number of rotatable bonds is 3. The molecule has 0 saturated heterocycles. The molecular formula is C14H14INO2. The van der Waals surface area contributed by atoms with Gasteiger partial charge in [0.05, 0.1) is 13.3 Å². The fourth-order valence-electron chi connectivity index (χ4n) is 1.76. The summed E-state index contributed by atoms with van der Waals surface area (Å²) in [7, 11) is 1.59. The van der Waals surface area contributed by atoms with E-state index in [1.165, 1.54) is 0 Å². The monoisotopic (exact) mass is 355 g/mol. The second-order valence-electron chi connectivity index (χ2n) is 4.04. The van der Waals surface area contributed by atoms with Gasteiger partial charge in [0.15, 0.2) is 0 Å². The number of aliphatic hydroxyl groups is 1. The van der Waals surface area contributed by atoms with E-state index in [0.717, 1.165) is 20.3 Å². The molecule has 1 heterocycles. The highest BCUT2D eigenvalue weighted by atomic mass is 127. The van der Waals surface area contributed by atoms with Gasteiger partial charge in [0.2, 0.25) is 0 Å². The Morgan fingerprint density at radius 3 is 2.83 bits per heavy atom. The predicted octanol–water partition coefficient (Wildman–Crippen LogP) is 3.08. The predicted molar refractivity (Wildman–Crippen MR) is 78.7 cm³/mol. The van der Waals surface area contributed by atoms with E-state index in [0.29, 0.717) is 5.75 Å². The molecule has 0 radical (unpaired) electrons. The molecule has 18 heavy (non-hydrogen) atoms. The summed E-state index contributed by atoms with van der Waals surface area (Å²) in [6, 6.07) is 7.71. The molecule has 0 saturated carbocycles. The van der Waals surface area contributed by atoms with Crippen LogP contribution in [0.25, 0.3) is 0 Å². The Labute approximate surface area is 120 Å². The van der Waals surface area contributed by atoms with Gasteiger partial charge in [0.25, 0.3) is 0 Å². The lowest BCUT2D eigenvalue weighted by Gasteiger charge is -2.15. The molecule has 1 aromatic heterocycles. The van der Waals surface area contributed by atoms with Gasteiger partial charge in [0, 0.05) is 15.3 Å². The van der Waals surface area contributed by atoms with E-state index >= 15 is 0 Å². The molecular weight excluding hydrogens is 341 g/mol. The summed E-state index contributed by atoms with van der Waals surface area (Å²) >= 11 is 2.25. The van der Waals surface area contributed by atoms with Crippen molar-refractivity contribution < 1.29 is 9.84 Å². The maximum absolute atomic E-state index is 10.4. The molecule has 2 rings (SSSR count). The van der Waals surface area contributed by atoms with Gasteiger partial charge in [0.1, 0.15) is 11.9 Å². The lowest BCUT2D eigenvalue weighted by atomic mass is 10.0. The number of ether oxygens (including phenoxy) is 1. The largest absolute Gasteiger partial charge is 0.495 e. The minimum Gasteiger partial charge on any atom is -0.495 e. The summed E-state index contributed by atoms with van der Waals surface area (Å²) < 4.78 is 6.19. The number of pyridine rings is 1. The number of halogens is 1. The molecule has 0 spiro atoms. The zero-order valence-corrected chi connectivity index (χ0v) is 12.4. The van der Waals surface area contributed by atoms with Crippen molar-refractivity contribution in [2.75, 3.05) is 7.11 Å². The summed E-state index contributed by atoms with van der Waals surface area (Å²) in [6.07, 6.45) is 2.60. The molecule has 0 fully saturated rings. The number of aromatic nitrogens is 1. The van der Waals surface area contributed by atoms with Gasteiger partial charge in [-0.05, 0) is 46.7 Å². The maximum Gasteiger partial charge on any atom is 0.137 e. The first-order valence-electron chi connectivity index (χ1n) is 5.55. The number of aryl methyl sites for hydroxylation is 1. The fourth-order valence-corrected chi connectivity index (χ4v) is 2.41. The quantitative estimate of drug-likeness (QED) is 0.861. The molecule has 1 unspecified atom stereocenters.